The van der Waals surface area contributed by atoms with E-state index in [4.69, 9.17) is 16.3 Å². The van der Waals surface area contributed by atoms with Gasteiger partial charge in [0, 0.05) is 39.1 Å². The van der Waals surface area contributed by atoms with Gasteiger partial charge in [0.25, 0.3) is 5.56 Å². The van der Waals surface area contributed by atoms with Crippen LogP contribution in [0.5, 0.6) is 0 Å². The van der Waals surface area contributed by atoms with Gasteiger partial charge in [-0.05, 0) is 49.1 Å². The van der Waals surface area contributed by atoms with Gasteiger partial charge in [0.15, 0.2) is 4.80 Å². The topological polar surface area (TPSA) is 65.6 Å². The van der Waals surface area contributed by atoms with Crippen LogP contribution in [-0.4, -0.2) is 21.7 Å². The van der Waals surface area contributed by atoms with Gasteiger partial charge in [-0.3, -0.25) is 9.36 Å². The van der Waals surface area contributed by atoms with Crippen LogP contribution >= 0.6 is 34.3 Å². The fraction of sp³-hybridized carbons (Fsp3) is 0.167. The first-order chi connectivity index (χ1) is 19.0. The van der Waals surface area contributed by atoms with Crippen molar-refractivity contribution in [3.8, 4) is 0 Å². The molecule has 0 fully saturated rings. The van der Waals surface area contributed by atoms with Crippen molar-refractivity contribution in [3.63, 3.8) is 0 Å². The Balaban J connectivity index is 1.51. The number of carbonyl (C=O) groups is 1. The summed E-state index contributed by atoms with van der Waals surface area (Å²) in [5.41, 5.74) is 3.77. The molecule has 0 amide bonds. The average molecular weight is 574 g/mol. The monoisotopic (exact) mass is 573 g/mol. The number of benzene rings is 2. The van der Waals surface area contributed by atoms with Gasteiger partial charge in [-0.25, -0.2) is 9.79 Å². The van der Waals surface area contributed by atoms with E-state index in [9.17, 15) is 9.59 Å². The molecule has 0 saturated carbocycles. The Bertz CT molecular complexity index is 1930. The summed E-state index contributed by atoms with van der Waals surface area (Å²) >= 11 is 9.28. The molecule has 3 aromatic heterocycles. The van der Waals surface area contributed by atoms with Crippen molar-refractivity contribution >= 4 is 57.2 Å². The largest absolute Gasteiger partial charge is 0.463 e. The number of aromatic nitrogens is 2. The number of ether oxygens (including phenoxy) is 1. The summed E-state index contributed by atoms with van der Waals surface area (Å²) < 4.78 is 9.69. The second-order valence-corrected chi connectivity index (χ2v) is 11.5. The number of hydrogen-bond acceptors (Lipinski definition) is 6. The number of thiazole rings is 1. The normalized spacial score (nSPS) is 15.5. The van der Waals surface area contributed by atoms with Crippen LogP contribution < -0.4 is 14.9 Å². The van der Waals surface area contributed by atoms with Crippen LogP contribution in [0.1, 0.15) is 35.9 Å². The van der Waals surface area contributed by atoms with E-state index < -0.39 is 12.0 Å². The average Bonchev–Trinajstić information content (AvgIpc) is 3.65. The fourth-order valence-corrected chi connectivity index (χ4v) is 7.04. The summed E-state index contributed by atoms with van der Waals surface area (Å²) in [7, 11) is 0. The van der Waals surface area contributed by atoms with E-state index in [1.807, 2.05) is 60.0 Å². The van der Waals surface area contributed by atoms with Gasteiger partial charge in [-0.2, -0.15) is 0 Å². The van der Waals surface area contributed by atoms with Gasteiger partial charge in [0.1, 0.15) is 6.04 Å². The molecular formula is C30H24ClN3O3S2. The molecule has 9 heteroatoms. The zero-order chi connectivity index (χ0) is 27.1. The van der Waals surface area contributed by atoms with E-state index in [-0.39, 0.29) is 12.2 Å². The Morgan fingerprint density at radius 2 is 1.92 bits per heavy atom. The highest BCUT2D eigenvalue weighted by Gasteiger charge is 2.33. The third kappa shape index (κ3) is 4.58. The summed E-state index contributed by atoms with van der Waals surface area (Å²) in [5, 5.41) is 3.69. The number of para-hydroxylation sites is 1. The number of hydrogen-bond donors (Lipinski definition) is 0. The van der Waals surface area contributed by atoms with Crippen LogP contribution in [0.3, 0.4) is 0 Å². The van der Waals surface area contributed by atoms with Crippen molar-refractivity contribution < 1.29 is 9.53 Å². The van der Waals surface area contributed by atoms with Crippen LogP contribution in [0, 0.1) is 0 Å². The van der Waals surface area contributed by atoms with E-state index >= 15 is 0 Å². The van der Waals surface area contributed by atoms with Gasteiger partial charge in [-0.1, -0.05) is 65.4 Å². The highest BCUT2D eigenvalue weighted by Crippen LogP contribution is 2.33. The molecule has 39 heavy (non-hydrogen) atoms. The first kappa shape index (κ1) is 25.6. The molecule has 0 N–H and O–H groups in total. The minimum atomic E-state index is -0.580. The summed E-state index contributed by atoms with van der Waals surface area (Å²) in [6.07, 6.45) is 3.97. The van der Waals surface area contributed by atoms with Crippen molar-refractivity contribution in [2.24, 2.45) is 4.99 Å². The molecule has 6 nitrogen and oxygen atoms in total. The molecule has 0 aliphatic carbocycles. The molecule has 196 valence electrons. The maximum absolute atomic E-state index is 13.9. The second kappa shape index (κ2) is 10.4. The fourth-order valence-electron chi connectivity index (χ4n) is 4.98. The minimum Gasteiger partial charge on any atom is -0.463 e. The number of nitrogens with zero attached hydrogens (tertiary/aromatic N) is 3. The van der Waals surface area contributed by atoms with Gasteiger partial charge in [0.2, 0.25) is 0 Å². The van der Waals surface area contributed by atoms with Crippen molar-refractivity contribution in [1.29, 1.82) is 0 Å². The highest BCUT2D eigenvalue weighted by atomic mass is 35.5. The number of halogens is 1. The lowest BCUT2D eigenvalue weighted by Gasteiger charge is -2.23. The quantitative estimate of drug-likeness (QED) is 0.251. The van der Waals surface area contributed by atoms with Gasteiger partial charge in [0.05, 0.1) is 22.4 Å². The predicted molar refractivity (Wildman–Crippen MR) is 157 cm³/mol. The molecule has 2 aromatic carbocycles. The van der Waals surface area contributed by atoms with E-state index in [0.29, 0.717) is 32.2 Å². The Morgan fingerprint density at radius 1 is 1.13 bits per heavy atom. The molecule has 0 bridgehead atoms. The maximum Gasteiger partial charge on any atom is 0.338 e. The van der Waals surface area contributed by atoms with Gasteiger partial charge >= 0.3 is 5.97 Å². The lowest BCUT2D eigenvalue weighted by Crippen LogP contribution is -2.39. The summed E-state index contributed by atoms with van der Waals surface area (Å²) in [6.45, 7) is 4.42. The van der Waals surface area contributed by atoms with E-state index in [2.05, 4.69) is 27.9 Å². The standard InChI is InChI=1S/C30H24ClN3O3S2/c1-3-37-29(36)26-18(2)32-30-34(27(26)24-13-8-14-38-24)28(35)25(39-30)15-20-17-33(23-12-7-5-10-21(20)23)16-19-9-4-6-11-22(19)31/h4-15,17,27H,3,16H2,1-2H3/b25-15+. The zero-order valence-electron chi connectivity index (χ0n) is 21.3. The van der Waals surface area contributed by atoms with Gasteiger partial charge in [-0.15, -0.1) is 11.3 Å². The molecule has 1 atom stereocenters. The van der Waals surface area contributed by atoms with Crippen LogP contribution in [0.4, 0.5) is 0 Å². The third-order valence-corrected chi connectivity index (χ3v) is 9.01. The number of carbonyl (C=O) groups excluding carboxylic acids is 1. The van der Waals surface area contributed by atoms with Crippen molar-refractivity contribution in [2.75, 3.05) is 6.61 Å². The summed E-state index contributed by atoms with van der Waals surface area (Å²) in [6, 6.07) is 19.2. The molecule has 5 aromatic rings. The maximum atomic E-state index is 13.9. The second-order valence-electron chi connectivity index (χ2n) is 9.14. The Hall–Kier alpha value is -3.72. The van der Waals surface area contributed by atoms with E-state index in [1.54, 1.807) is 18.4 Å². The van der Waals surface area contributed by atoms with Crippen molar-refractivity contribution in [3.05, 3.63) is 124 Å². The van der Waals surface area contributed by atoms with Crippen LogP contribution in [0.2, 0.25) is 5.02 Å². The summed E-state index contributed by atoms with van der Waals surface area (Å²) in [5.74, 6) is -0.450. The molecule has 6 rings (SSSR count). The van der Waals surface area contributed by atoms with E-state index in [0.717, 1.165) is 26.9 Å². The number of esters is 1. The first-order valence-electron chi connectivity index (χ1n) is 12.5. The lowest BCUT2D eigenvalue weighted by molar-refractivity contribution is -0.139. The number of fused-ring (bicyclic) bond motifs is 2. The zero-order valence-corrected chi connectivity index (χ0v) is 23.6. The van der Waals surface area contributed by atoms with Crippen LogP contribution in [0.15, 0.2) is 93.3 Å². The Morgan fingerprint density at radius 3 is 2.69 bits per heavy atom. The Labute approximate surface area is 237 Å². The predicted octanol–water partition coefficient (Wildman–Crippen LogP) is 5.52. The molecule has 1 aliphatic rings. The first-order valence-corrected chi connectivity index (χ1v) is 14.6. The van der Waals surface area contributed by atoms with E-state index in [1.165, 1.54) is 22.7 Å². The van der Waals surface area contributed by atoms with Crippen molar-refractivity contribution in [1.82, 2.24) is 9.13 Å². The Kier molecular flexibility index (Phi) is 6.85. The molecule has 1 aliphatic heterocycles. The lowest BCUT2D eigenvalue weighted by atomic mass is 10.0. The molecule has 4 heterocycles. The molecule has 0 radical (unpaired) electrons. The number of allylic oxidation sites excluding steroid dienone is 1. The number of rotatable bonds is 6. The summed E-state index contributed by atoms with van der Waals surface area (Å²) in [4.78, 5) is 33.0. The third-order valence-electron chi connectivity index (χ3n) is 6.73. The molecule has 0 saturated heterocycles. The molecular weight excluding hydrogens is 550 g/mol. The smallest absolute Gasteiger partial charge is 0.338 e. The molecule has 1 unspecified atom stereocenters. The van der Waals surface area contributed by atoms with Crippen LogP contribution in [-0.2, 0) is 16.1 Å². The highest BCUT2D eigenvalue weighted by molar-refractivity contribution is 7.10. The van der Waals surface area contributed by atoms with Crippen molar-refractivity contribution in [2.45, 2.75) is 26.4 Å². The minimum absolute atomic E-state index is 0.186. The molecule has 0 spiro atoms. The van der Waals surface area contributed by atoms with Gasteiger partial charge < -0.3 is 9.30 Å². The van der Waals surface area contributed by atoms with Crippen LogP contribution in [0.25, 0.3) is 17.0 Å². The number of thiophene rings is 1. The SMILES string of the molecule is CCOC(=O)C1=C(C)N=c2s/c(=C/c3cn(Cc4ccccc4Cl)c4ccccc34)c(=O)n2C1c1cccs1.